The molecule has 0 aliphatic rings. The van der Waals surface area contributed by atoms with E-state index in [1.165, 1.54) is 5.56 Å². The molecule has 2 rings (SSSR count). The summed E-state index contributed by atoms with van der Waals surface area (Å²) in [6, 6.07) is 13.5. The molecular formula is C16H16N2O. The molecule has 2 aromatic carbocycles. The second-order valence-corrected chi connectivity index (χ2v) is 4.50. The van der Waals surface area contributed by atoms with Crippen LogP contribution in [0.1, 0.15) is 16.7 Å². The standard InChI is InChI=1S/C16H16N2O/c1-11-4-3-5-16(12(11)2)19-14-6-7-15(18)13(10-14)8-9-17/h3-7,10H,8,18H2,1-2H3. The molecule has 0 radical (unpaired) electrons. The summed E-state index contributed by atoms with van der Waals surface area (Å²) in [5, 5.41) is 8.76. The first-order chi connectivity index (χ1) is 9.11. The molecule has 19 heavy (non-hydrogen) atoms. The van der Waals surface area contributed by atoms with Crippen molar-refractivity contribution in [3.05, 3.63) is 53.1 Å². The minimum absolute atomic E-state index is 0.288. The molecule has 0 saturated heterocycles. The lowest BCUT2D eigenvalue weighted by Gasteiger charge is -2.12. The molecule has 0 amide bonds. The summed E-state index contributed by atoms with van der Waals surface area (Å²) < 4.78 is 5.87. The Kier molecular flexibility index (Phi) is 3.72. The zero-order valence-corrected chi connectivity index (χ0v) is 11.1. The Morgan fingerprint density at radius 2 is 2.00 bits per heavy atom. The third-order valence-corrected chi connectivity index (χ3v) is 3.17. The summed E-state index contributed by atoms with van der Waals surface area (Å²) in [4.78, 5) is 0. The fourth-order valence-corrected chi connectivity index (χ4v) is 1.85. The molecule has 0 bridgehead atoms. The van der Waals surface area contributed by atoms with Crippen molar-refractivity contribution in [1.29, 1.82) is 5.26 Å². The van der Waals surface area contributed by atoms with E-state index < -0.39 is 0 Å². The molecule has 0 spiro atoms. The van der Waals surface area contributed by atoms with Crippen LogP contribution in [-0.4, -0.2) is 0 Å². The second kappa shape index (κ2) is 5.45. The van der Waals surface area contributed by atoms with Crippen LogP contribution in [0, 0.1) is 25.2 Å². The quantitative estimate of drug-likeness (QED) is 0.846. The Morgan fingerprint density at radius 1 is 1.21 bits per heavy atom. The van der Waals surface area contributed by atoms with E-state index in [0.29, 0.717) is 11.4 Å². The van der Waals surface area contributed by atoms with Crippen molar-refractivity contribution >= 4 is 5.69 Å². The van der Waals surface area contributed by atoms with Gasteiger partial charge in [0.1, 0.15) is 11.5 Å². The topological polar surface area (TPSA) is 59.0 Å². The fourth-order valence-electron chi connectivity index (χ4n) is 1.85. The van der Waals surface area contributed by atoms with Gasteiger partial charge in [-0.25, -0.2) is 0 Å². The molecular weight excluding hydrogens is 236 g/mol. The number of nitrogen functional groups attached to an aromatic ring is 1. The van der Waals surface area contributed by atoms with Crippen molar-refractivity contribution in [2.45, 2.75) is 20.3 Å². The van der Waals surface area contributed by atoms with Crippen LogP contribution >= 0.6 is 0 Å². The summed E-state index contributed by atoms with van der Waals surface area (Å²) in [6.45, 7) is 4.07. The van der Waals surface area contributed by atoms with Crippen LogP contribution < -0.4 is 10.5 Å². The third kappa shape index (κ3) is 2.86. The Labute approximate surface area is 113 Å². The predicted octanol–water partition coefficient (Wildman–Crippen LogP) is 3.74. The summed E-state index contributed by atoms with van der Waals surface area (Å²) in [6.07, 6.45) is 0.288. The first-order valence-corrected chi connectivity index (χ1v) is 6.11. The highest BCUT2D eigenvalue weighted by atomic mass is 16.5. The van der Waals surface area contributed by atoms with Gasteiger partial charge in [-0.1, -0.05) is 12.1 Å². The number of anilines is 1. The average Bonchev–Trinajstić information content (AvgIpc) is 2.39. The molecule has 0 aliphatic heterocycles. The monoisotopic (exact) mass is 252 g/mol. The molecule has 96 valence electrons. The van der Waals surface area contributed by atoms with Gasteiger partial charge in [0, 0.05) is 5.69 Å². The number of aryl methyl sites for hydroxylation is 1. The number of nitrogens with zero attached hydrogens (tertiary/aromatic N) is 1. The maximum atomic E-state index is 8.76. The van der Waals surface area contributed by atoms with Crippen molar-refractivity contribution < 1.29 is 4.74 Å². The Bertz CT molecular complexity index is 642. The Morgan fingerprint density at radius 3 is 2.74 bits per heavy atom. The normalized spacial score (nSPS) is 9.95. The highest BCUT2D eigenvalue weighted by molar-refractivity contribution is 5.52. The highest BCUT2D eigenvalue weighted by Gasteiger charge is 2.06. The Hall–Kier alpha value is -2.47. The highest BCUT2D eigenvalue weighted by Crippen LogP contribution is 2.28. The fraction of sp³-hybridized carbons (Fsp3) is 0.188. The first-order valence-electron chi connectivity index (χ1n) is 6.11. The summed E-state index contributed by atoms with van der Waals surface area (Å²) in [7, 11) is 0. The van der Waals surface area contributed by atoms with Crippen molar-refractivity contribution in [2.24, 2.45) is 0 Å². The van der Waals surface area contributed by atoms with Crippen LogP contribution in [0.3, 0.4) is 0 Å². The van der Waals surface area contributed by atoms with Gasteiger partial charge >= 0.3 is 0 Å². The van der Waals surface area contributed by atoms with Crippen LogP contribution in [0.5, 0.6) is 11.5 Å². The number of nitrogens with two attached hydrogens (primary N) is 1. The van der Waals surface area contributed by atoms with Gasteiger partial charge < -0.3 is 10.5 Å². The van der Waals surface area contributed by atoms with Gasteiger partial charge in [0.05, 0.1) is 12.5 Å². The molecule has 0 aliphatic carbocycles. The minimum atomic E-state index is 0.288. The van der Waals surface area contributed by atoms with Crippen molar-refractivity contribution in [1.82, 2.24) is 0 Å². The van der Waals surface area contributed by atoms with E-state index in [1.54, 1.807) is 6.07 Å². The molecule has 3 nitrogen and oxygen atoms in total. The van der Waals surface area contributed by atoms with E-state index >= 15 is 0 Å². The molecule has 2 aromatic rings. The van der Waals surface area contributed by atoms with Gasteiger partial charge in [-0.2, -0.15) is 5.26 Å². The van der Waals surface area contributed by atoms with Crippen LogP contribution in [0.15, 0.2) is 36.4 Å². The van der Waals surface area contributed by atoms with Crippen molar-refractivity contribution in [3.8, 4) is 17.6 Å². The second-order valence-electron chi connectivity index (χ2n) is 4.50. The van der Waals surface area contributed by atoms with E-state index in [4.69, 9.17) is 15.7 Å². The lowest BCUT2D eigenvalue weighted by atomic mass is 10.1. The van der Waals surface area contributed by atoms with Gasteiger partial charge in [0.25, 0.3) is 0 Å². The lowest BCUT2D eigenvalue weighted by Crippen LogP contribution is -1.95. The number of ether oxygens (including phenoxy) is 1. The van der Waals surface area contributed by atoms with Crippen molar-refractivity contribution in [2.75, 3.05) is 5.73 Å². The van der Waals surface area contributed by atoms with E-state index in [1.807, 2.05) is 44.2 Å². The minimum Gasteiger partial charge on any atom is -0.457 e. The number of hydrogen-bond donors (Lipinski definition) is 1. The van der Waals surface area contributed by atoms with Gasteiger partial charge in [-0.3, -0.25) is 0 Å². The maximum absolute atomic E-state index is 8.76. The largest absolute Gasteiger partial charge is 0.457 e. The zero-order chi connectivity index (χ0) is 13.8. The van der Waals surface area contributed by atoms with Gasteiger partial charge in [-0.15, -0.1) is 0 Å². The van der Waals surface area contributed by atoms with Crippen LogP contribution in [-0.2, 0) is 6.42 Å². The van der Waals surface area contributed by atoms with E-state index in [0.717, 1.165) is 16.9 Å². The SMILES string of the molecule is Cc1cccc(Oc2ccc(N)c(CC#N)c2)c1C. The summed E-state index contributed by atoms with van der Waals surface area (Å²) in [5.41, 5.74) is 9.53. The van der Waals surface area contributed by atoms with E-state index in [-0.39, 0.29) is 6.42 Å². The van der Waals surface area contributed by atoms with Gasteiger partial charge in [0.2, 0.25) is 0 Å². The van der Waals surface area contributed by atoms with Crippen LogP contribution in [0.2, 0.25) is 0 Å². The average molecular weight is 252 g/mol. The number of nitriles is 1. The predicted molar refractivity (Wildman–Crippen MR) is 76.2 cm³/mol. The van der Waals surface area contributed by atoms with Gasteiger partial charge in [0.15, 0.2) is 0 Å². The number of hydrogen-bond acceptors (Lipinski definition) is 3. The van der Waals surface area contributed by atoms with E-state index in [9.17, 15) is 0 Å². The molecule has 0 heterocycles. The zero-order valence-electron chi connectivity index (χ0n) is 11.1. The van der Waals surface area contributed by atoms with Crippen LogP contribution in [0.4, 0.5) is 5.69 Å². The number of rotatable bonds is 3. The summed E-state index contributed by atoms with van der Waals surface area (Å²) in [5.74, 6) is 1.53. The lowest BCUT2D eigenvalue weighted by molar-refractivity contribution is 0.478. The molecule has 0 fully saturated rings. The van der Waals surface area contributed by atoms with Crippen molar-refractivity contribution in [3.63, 3.8) is 0 Å². The van der Waals surface area contributed by atoms with Gasteiger partial charge in [-0.05, 0) is 54.8 Å². The number of benzene rings is 2. The van der Waals surface area contributed by atoms with Crippen LogP contribution in [0.25, 0.3) is 0 Å². The molecule has 0 saturated carbocycles. The maximum Gasteiger partial charge on any atom is 0.130 e. The molecule has 0 aromatic heterocycles. The Balaban J connectivity index is 2.31. The molecule has 0 atom stereocenters. The smallest absolute Gasteiger partial charge is 0.130 e. The molecule has 3 heteroatoms. The third-order valence-electron chi connectivity index (χ3n) is 3.17. The molecule has 0 unspecified atom stereocenters. The van der Waals surface area contributed by atoms with E-state index in [2.05, 4.69) is 6.07 Å². The first kappa shape index (κ1) is 13.0. The molecule has 2 N–H and O–H groups in total. The summed E-state index contributed by atoms with van der Waals surface area (Å²) >= 11 is 0.